The Bertz CT molecular complexity index is 401. The van der Waals surface area contributed by atoms with Gasteiger partial charge >= 0.3 is 5.97 Å². The molecule has 0 aromatic heterocycles. The molecule has 0 radical (unpaired) electrons. The molecule has 1 aromatic rings. The van der Waals surface area contributed by atoms with Gasteiger partial charge in [0, 0.05) is 0 Å². The van der Waals surface area contributed by atoms with Gasteiger partial charge in [-0.1, -0.05) is 19.4 Å². The van der Waals surface area contributed by atoms with Crippen LogP contribution in [0.3, 0.4) is 0 Å². The minimum absolute atomic E-state index is 0.168. The molecule has 0 amide bonds. The van der Waals surface area contributed by atoms with Crippen LogP contribution in [0.15, 0.2) is 18.2 Å². The largest absolute Gasteiger partial charge is 0.496 e. The van der Waals surface area contributed by atoms with Gasteiger partial charge in [-0.2, -0.15) is 0 Å². The van der Waals surface area contributed by atoms with Crippen molar-refractivity contribution in [1.82, 2.24) is 0 Å². The number of hydrogen-bond acceptors (Lipinski definition) is 3. The number of methoxy groups -OCH3 is 1. The van der Waals surface area contributed by atoms with Gasteiger partial charge in [0.05, 0.1) is 19.8 Å². The highest BCUT2D eigenvalue weighted by molar-refractivity contribution is 5.91. The van der Waals surface area contributed by atoms with E-state index in [1.165, 1.54) is 7.11 Å². The number of benzene rings is 1. The van der Waals surface area contributed by atoms with Crippen molar-refractivity contribution in [3.8, 4) is 5.75 Å². The maximum absolute atomic E-state index is 11.1. The monoisotopic (exact) mass is 252 g/mol. The van der Waals surface area contributed by atoms with Gasteiger partial charge in [0.25, 0.3) is 0 Å². The first-order valence-corrected chi connectivity index (χ1v) is 6.10. The SMILES string of the molecule is CCCC(C)OCc1ccc(OC)c(C(=O)O)c1. The number of carboxylic acid groups (broad SMARTS) is 1. The van der Waals surface area contributed by atoms with E-state index in [0.29, 0.717) is 12.4 Å². The second-order valence-corrected chi connectivity index (χ2v) is 4.25. The predicted octanol–water partition coefficient (Wildman–Crippen LogP) is 3.10. The Hall–Kier alpha value is -1.55. The van der Waals surface area contributed by atoms with E-state index in [2.05, 4.69) is 6.92 Å². The fraction of sp³-hybridized carbons (Fsp3) is 0.500. The molecule has 0 aliphatic rings. The van der Waals surface area contributed by atoms with E-state index in [0.717, 1.165) is 18.4 Å². The van der Waals surface area contributed by atoms with Crippen molar-refractivity contribution in [1.29, 1.82) is 0 Å². The standard InChI is InChI=1S/C14H20O4/c1-4-5-10(2)18-9-11-6-7-13(17-3)12(8-11)14(15)16/h6-8,10H,4-5,9H2,1-3H3,(H,15,16). The fourth-order valence-electron chi connectivity index (χ4n) is 1.74. The fourth-order valence-corrected chi connectivity index (χ4v) is 1.74. The van der Waals surface area contributed by atoms with Gasteiger partial charge in [0.2, 0.25) is 0 Å². The van der Waals surface area contributed by atoms with Gasteiger partial charge in [-0.05, 0) is 31.0 Å². The summed E-state index contributed by atoms with van der Waals surface area (Å²) in [5.74, 6) is -0.622. The van der Waals surface area contributed by atoms with E-state index in [9.17, 15) is 4.79 Å². The Balaban J connectivity index is 2.73. The van der Waals surface area contributed by atoms with Crippen LogP contribution in [0.2, 0.25) is 0 Å². The summed E-state index contributed by atoms with van der Waals surface area (Å²) in [5, 5.41) is 9.06. The highest BCUT2D eigenvalue weighted by atomic mass is 16.5. The van der Waals surface area contributed by atoms with Gasteiger partial charge in [-0.25, -0.2) is 4.79 Å². The molecule has 0 fully saturated rings. The molecule has 1 unspecified atom stereocenters. The zero-order valence-electron chi connectivity index (χ0n) is 11.1. The van der Waals surface area contributed by atoms with E-state index in [-0.39, 0.29) is 11.7 Å². The van der Waals surface area contributed by atoms with Gasteiger partial charge in [0.1, 0.15) is 11.3 Å². The third-order valence-electron chi connectivity index (χ3n) is 2.72. The summed E-state index contributed by atoms with van der Waals surface area (Å²) in [6.07, 6.45) is 2.26. The Morgan fingerprint density at radius 3 is 2.72 bits per heavy atom. The smallest absolute Gasteiger partial charge is 0.339 e. The van der Waals surface area contributed by atoms with Crippen LogP contribution in [0.1, 0.15) is 42.6 Å². The van der Waals surface area contributed by atoms with Gasteiger partial charge in [-0.15, -0.1) is 0 Å². The number of hydrogen-bond donors (Lipinski definition) is 1. The van der Waals surface area contributed by atoms with Crippen LogP contribution in [0.5, 0.6) is 5.75 Å². The number of aromatic carboxylic acids is 1. The number of rotatable bonds is 7. The van der Waals surface area contributed by atoms with Crippen LogP contribution in [-0.2, 0) is 11.3 Å². The molecule has 18 heavy (non-hydrogen) atoms. The molecule has 4 nitrogen and oxygen atoms in total. The summed E-state index contributed by atoms with van der Waals surface area (Å²) in [7, 11) is 1.46. The van der Waals surface area contributed by atoms with Crippen molar-refractivity contribution in [3.63, 3.8) is 0 Å². The molecule has 0 aliphatic carbocycles. The van der Waals surface area contributed by atoms with E-state index in [1.807, 2.05) is 13.0 Å². The van der Waals surface area contributed by atoms with E-state index >= 15 is 0 Å². The summed E-state index contributed by atoms with van der Waals surface area (Å²) >= 11 is 0. The lowest BCUT2D eigenvalue weighted by molar-refractivity contribution is 0.0471. The Kier molecular flexibility index (Phi) is 5.65. The second-order valence-electron chi connectivity index (χ2n) is 4.25. The van der Waals surface area contributed by atoms with Crippen LogP contribution >= 0.6 is 0 Å². The Morgan fingerprint density at radius 2 is 2.17 bits per heavy atom. The molecule has 100 valence electrons. The topological polar surface area (TPSA) is 55.8 Å². The first kappa shape index (κ1) is 14.5. The average molecular weight is 252 g/mol. The van der Waals surface area contributed by atoms with Crippen LogP contribution < -0.4 is 4.74 Å². The van der Waals surface area contributed by atoms with Gasteiger partial charge in [-0.3, -0.25) is 0 Å². The van der Waals surface area contributed by atoms with E-state index in [4.69, 9.17) is 14.6 Å². The summed E-state index contributed by atoms with van der Waals surface area (Å²) in [5.41, 5.74) is 1.01. The minimum atomic E-state index is -0.990. The number of carbonyl (C=O) groups is 1. The highest BCUT2D eigenvalue weighted by Crippen LogP contribution is 2.20. The van der Waals surface area contributed by atoms with Crippen molar-refractivity contribution in [2.45, 2.75) is 39.4 Å². The summed E-state index contributed by atoms with van der Waals surface area (Å²) in [4.78, 5) is 11.1. The Labute approximate surface area is 108 Å². The van der Waals surface area contributed by atoms with Crippen molar-refractivity contribution in [2.24, 2.45) is 0 Å². The molecule has 1 rings (SSSR count). The molecule has 0 aliphatic heterocycles. The molecule has 4 heteroatoms. The van der Waals surface area contributed by atoms with Crippen LogP contribution in [-0.4, -0.2) is 24.3 Å². The molecular weight excluding hydrogens is 232 g/mol. The lowest BCUT2D eigenvalue weighted by Crippen LogP contribution is -2.08. The van der Waals surface area contributed by atoms with E-state index in [1.54, 1.807) is 12.1 Å². The third kappa shape index (κ3) is 4.04. The molecule has 1 aromatic carbocycles. The van der Waals surface area contributed by atoms with Crippen LogP contribution in [0.25, 0.3) is 0 Å². The highest BCUT2D eigenvalue weighted by Gasteiger charge is 2.12. The maximum atomic E-state index is 11.1. The molecule has 0 saturated carbocycles. The molecule has 0 bridgehead atoms. The molecular formula is C14H20O4. The average Bonchev–Trinajstić information content (AvgIpc) is 2.36. The van der Waals surface area contributed by atoms with Crippen LogP contribution in [0.4, 0.5) is 0 Å². The number of carboxylic acids is 1. The second kappa shape index (κ2) is 7.01. The Morgan fingerprint density at radius 1 is 1.44 bits per heavy atom. The lowest BCUT2D eigenvalue weighted by atomic mass is 10.1. The summed E-state index contributed by atoms with van der Waals surface area (Å²) < 4.78 is 10.6. The van der Waals surface area contributed by atoms with Crippen molar-refractivity contribution >= 4 is 5.97 Å². The lowest BCUT2D eigenvalue weighted by Gasteiger charge is -2.13. The molecule has 0 spiro atoms. The van der Waals surface area contributed by atoms with Gasteiger partial charge < -0.3 is 14.6 Å². The quantitative estimate of drug-likeness (QED) is 0.810. The molecule has 0 heterocycles. The minimum Gasteiger partial charge on any atom is -0.496 e. The molecule has 1 N–H and O–H groups in total. The summed E-state index contributed by atoms with van der Waals surface area (Å²) in [6.45, 7) is 4.55. The maximum Gasteiger partial charge on any atom is 0.339 e. The van der Waals surface area contributed by atoms with E-state index < -0.39 is 5.97 Å². The van der Waals surface area contributed by atoms with Crippen LogP contribution in [0, 0.1) is 0 Å². The van der Waals surface area contributed by atoms with Crippen molar-refractivity contribution in [2.75, 3.05) is 7.11 Å². The zero-order valence-corrected chi connectivity index (χ0v) is 11.1. The van der Waals surface area contributed by atoms with Crippen molar-refractivity contribution in [3.05, 3.63) is 29.3 Å². The first-order valence-electron chi connectivity index (χ1n) is 6.10. The summed E-state index contributed by atoms with van der Waals surface area (Å²) in [6, 6.07) is 5.08. The number of ether oxygens (including phenoxy) is 2. The third-order valence-corrected chi connectivity index (χ3v) is 2.72. The zero-order chi connectivity index (χ0) is 13.5. The van der Waals surface area contributed by atoms with Crippen molar-refractivity contribution < 1.29 is 19.4 Å². The van der Waals surface area contributed by atoms with Gasteiger partial charge in [0.15, 0.2) is 0 Å². The first-order chi connectivity index (χ1) is 8.58. The molecule has 1 atom stereocenters. The predicted molar refractivity (Wildman–Crippen MR) is 69.1 cm³/mol. The normalized spacial score (nSPS) is 12.2. The molecule has 0 saturated heterocycles.